The Bertz CT molecular complexity index is 897. The number of anilines is 1. The van der Waals surface area contributed by atoms with E-state index in [-0.39, 0.29) is 12.3 Å². The number of benzene rings is 1. The number of imidazole rings is 1. The van der Waals surface area contributed by atoms with Crippen LogP contribution in [-0.4, -0.2) is 63.5 Å². The molecule has 0 aliphatic heterocycles. The number of carboxylic acid groups (broad SMARTS) is 1. The molecule has 2 aromatic rings. The Morgan fingerprint density at radius 2 is 1.90 bits per heavy atom. The van der Waals surface area contributed by atoms with Crippen LogP contribution in [-0.2, 0) is 23.1 Å². The molecule has 2 unspecified atom stereocenters. The van der Waals surface area contributed by atoms with Crippen molar-refractivity contribution in [2.75, 3.05) is 29.7 Å². The third-order valence-electron chi connectivity index (χ3n) is 5.09. The molecule has 0 saturated carbocycles. The lowest BCUT2D eigenvalue weighted by atomic mass is 10.0. The monoisotopic (exact) mass is 471 g/mol. The van der Waals surface area contributed by atoms with Crippen molar-refractivity contribution in [1.29, 1.82) is 0 Å². The molecule has 0 fully saturated rings. The molecule has 1 heterocycles. The van der Waals surface area contributed by atoms with Crippen LogP contribution in [0.4, 0.5) is 5.69 Å². The highest BCUT2D eigenvalue weighted by molar-refractivity contribution is 6.18. The number of hydrogen-bond donors (Lipinski definition) is 3. The van der Waals surface area contributed by atoms with Crippen molar-refractivity contribution < 1.29 is 14.7 Å². The standard InChI is InChI=1S/C21H31Cl2N5O3/c1-13(2)10-15(24)20(29)26-17(21(30)31)12-19-25-16-11-14(4-5-18(16)27(19)3)28(8-6-22)9-7-23/h4-5,11,13,15,17H,6-10,12,24H2,1-3H3,(H,26,29)(H,30,31). The van der Waals surface area contributed by atoms with E-state index in [1.807, 2.05) is 43.7 Å². The van der Waals surface area contributed by atoms with Gasteiger partial charge in [0.15, 0.2) is 0 Å². The number of aliphatic carboxylic acids is 1. The molecule has 0 saturated heterocycles. The Hall–Kier alpha value is -2.03. The topological polar surface area (TPSA) is 113 Å². The van der Waals surface area contributed by atoms with Gasteiger partial charge in [-0.1, -0.05) is 13.8 Å². The minimum Gasteiger partial charge on any atom is -0.480 e. The molecule has 0 aliphatic carbocycles. The van der Waals surface area contributed by atoms with E-state index >= 15 is 0 Å². The number of fused-ring (bicyclic) bond motifs is 1. The quantitative estimate of drug-likeness (QED) is 0.409. The minimum atomic E-state index is -1.13. The molecule has 0 radical (unpaired) electrons. The van der Waals surface area contributed by atoms with E-state index < -0.39 is 24.0 Å². The van der Waals surface area contributed by atoms with Crippen LogP contribution in [0.25, 0.3) is 11.0 Å². The molecule has 10 heteroatoms. The Kier molecular flexibility index (Phi) is 9.40. The Morgan fingerprint density at radius 3 is 2.45 bits per heavy atom. The normalized spacial score (nSPS) is 13.4. The summed E-state index contributed by atoms with van der Waals surface area (Å²) in [5.41, 5.74) is 8.44. The number of carbonyl (C=O) groups excluding carboxylic acids is 1. The first-order valence-corrected chi connectivity index (χ1v) is 11.4. The van der Waals surface area contributed by atoms with Crippen molar-refractivity contribution in [3.63, 3.8) is 0 Å². The van der Waals surface area contributed by atoms with Crippen molar-refractivity contribution >= 4 is 51.8 Å². The lowest BCUT2D eigenvalue weighted by molar-refractivity contribution is -0.142. The van der Waals surface area contributed by atoms with Crippen molar-refractivity contribution in [2.24, 2.45) is 18.7 Å². The highest BCUT2D eigenvalue weighted by Gasteiger charge is 2.26. The summed E-state index contributed by atoms with van der Waals surface area (Å²) in [5.74, 6) is 0.129. The van der Waals surface area contributed by atoms with Crippen LogP contribution in [0.1, 0.15) is 26.1 Å². The fourth-order valence-electron chi connectivity index (χ4n) is 3.47. The predicted octanol–water partition coefficient (Wildman–Crippen LogP) is 2.34. The molecular formula is C21H31Cl2N5O3. The molecule has 0 aliphatic rings. The fraction of sp³-hybridized carbons (Fsp3) is 0.571. The highest BCUT2D eigenvalue weighted by Crippen LogP contribution is 2.23. The second kappa shape index (κ2) is 11.5. The van der Waals surface area contributed by atoms with Gasteiger partial charge in [0.25, 0.3) is 0 Å². The molecule has 31 heavy (non-hydrogen) atoms. The molecule has 1 amide bonds. The van der Waals surface area contributed by atoms with E-state index in [0.717, 1.165) is 16.7 Å². The average Bonchev–Trinajstić information content (AvgIpc) is 3.01. The van der Waals surface area contributed by atoms with Gasteiger partial charge in [-0.2, -0.15) is 0 Å². The van der Waals surface area contributed by atoms with Gasteiger partial charge < -0.3 is 25.6 Å². The average molecular weight is 472 g/mol. The summed E-state index contributed by atoms with van der Waals surface area (Å²) >= 11 is 11.8. The zero-order valence-electron chi connectivity index (χ0n) is 18.1. The molecule has 1 aromatic carbocycles. The lowest BCUT2D eigenvalue weighted by Gasteiger charge is -2.22. The number of nitrogens with two attached hydrogens (primary N) is 1. The van der Waals surface area contributed by atoms with Crippen LogP contribution < -0.4 is 16.0 Å². The van der Waals surface area contributed by atoms with E-state index in [4.69, 9.17) is 28.9 Å². The van der Waals surface area contributed by atoms with Gasteiger partial charge in [-0.25, -0.2) is 9.78 Å². The number of carbonyl (C=O) groups is 2. The first kappa shape index (κ1) is 25.2. The van der Waals surface area contributed by atoms with Crippen molar-refractivity contribution in [1.82, 2.24) is 14.9 Å². The zero-order chi connectivity index (χ0) is 23.1. The molecule has 2 atom stereocenters. The maximum Gasteiger partial charge on any atom is 0.326 e. The number of nitrogens with zero attached hydrogens (tertiary/aromatic N) is 3. The second-order valence-electron chi connectivity index (χ2n) is 7.96. The summed E-state index contributed by atoms with van der Waals surface area (Å²) in [5, 5.41) is 12.2. The molecule has 8 nitrogen and oxygen atoms in total. The number of aromatic nitrogens is 2. The van der Waals surface area contributed by atoms with E-state index in [9.17, 15) is 14.7 Å². The van der Waals surface area contributed by atoms with Gasteiger partial charge in [0.2, 0.25) is 5.91 Å². The van der Waals surface area contributed by atoms with Gasteiger partial charge >= 0.3 is 5.97 Å². The fourth-order valence-corrected chi connectivity index (χ4v) is 3.88. The molecule has 4 N–H and O–H groups in total. The van der Waals surface area contributed by atoms with E-state index in [0.29, 0.717) is 37.1 Å². The lowest BCUT2D eigenvalue weighted by Crippen LogP contribution is -2.49. The summed E-state index contributed by atoms with van der Waals surface area (Å²) in [7, 11) is 1.82. The molecular weight excluding hydrogens is 441 g/mol. The Labute approximate surface area is 192 Å². The molecule has 0 spiro atoms. The third-order valence-corrected chi connectivity index (χ3v) is 5.43. The number of halogens is 2. The van der Waals surface area contributed by atoms with E-state index in [1.54, 1.807) is 0 Å². The number of alkyl halides is 2. The van der Waals surface area contributed by atoms with E-state index in [1.165, 1.54) is 0 Å². The number of amides is 1. The van der Waals surface area contributed by atoms with Crippen LogP contribution in [0.2, 0.25) is 0 Å². The van der Waals surface area contributed by atoms with Crippen molar-refractivity contribution in [3.05, 3.63) is 24.0 Å². The van der Waals surface area contributed by atoms with Gasteiger partial charge in [-0.15, -0.1) is 23.2 Å². The number of hydrogen-bond acceptors (Lipinski definition) is 5. The number of nitrogens with one attached hydrogen (secondary N) is 1. The van der Waals surface area contributed by atoms with Crippen molar-refractivity contribution in [3.8, 4) is 0 Å². The first-order chi connectivity index (χ1) is 14.7. The van der Waals surface area contributed by atoms with Crippen LogP contribution in [0.15, 0.2) is 18.2 Å². The highest BCUT2D eigenvalue weighted by atomic mass is 35.5. The smallest absolute Gasteiger partial charge is 0.326 e. The van der Waals surface area contributed by atoms with E-state index in [2.05, 4.69) is 15.2 Å². The number of aryl methyl sites for hydroxylation is 1. The predicted molar refractivity (Wildman–Crippen MR) is 125 cm³/mol. The molecule has 172 valence electrons. The maximum atomic E-state index is 12.3. The molecule has 1 aromatic heterocycles. The molecule has 2 rings (SSSR count). The third kappa shape index (κ3) is 6.72. The first-order valence-electron chi connectivity index (χ1n) is 10.3. The number of rotatable bonds is 12. The summed E-state index contributed by atoms with van der Waals surface area (Å²) in [6.07, 6.45) is 0.525. The van der Waals surface area contributed by atoms with Crippen molar-refractivity contribution in [2.45, 2.75) is 38.8 Å². The largest absolute Gasteiger partial charge is 0.480 e. The SMILES string of the molecule is CC(C)CC(N)C(=O)NC(Cc1nc2cc(N(CCCl)CCCl)ccc2n1C)C(=O)O. The number of carboxylic acids is 1. The maximum absolute atomic E-state index is 12.3. The zero-order valence-corrected chi connectivity index (χ0v) is 19.7. The van der Waals surface area contributed by atoms with Gasteiger partial charge in [0, 0.05) is 44.0 Å². The summed E-state index contributed by atoms with van der Waals surface area (Å²) in [6.45, 7) is 5.22. The van der Waals surface area contributed by atoms with Gasteiger partial charge in [0.1, 0.15) is 11.9 Å². The second-order valence-corrected chi connectivity index (χ2v) is 8.72. The van der Waals surface area contributed by atoms with Gasteiger partial charge in [-0.3, -0.25) is 4.79 Å². The molecule has 0 bridgehead atoms. The van der Waals surface area contributed by atoms with Crippen LogP contribution in [0.3, 0.4) is 0 Å². The Balaban J connectivity index is 2.24. The summed E-state index contributed by atoms with van der Waals surface area (Å²) < 4.78 is 1.84. The van der Waals surface area contributed by atoms with Gasteiger partial charge in [0.05, 0.1) is 17.1 Å². The minimum absolute atomic E-state index is 0.0447. The summed E-state index contributed by atoms with van der Waals surface area (Å²) in [4.78, 5) is 30.8. The van der Waals surface area contributed by atoms with Gasteiger partial charge in [-0.05, 0) is 30.5 Å². The van der Waals surface area contributed by atoms with Crippen LogP contribution in [0, 0.1) is 5.92 Å². The van der Waals surface area contributed by atoms with Crippen LogP contribution in [0.5, 0.6) is 0 Å². The summed E-state index contributed by atoms with van der Waals surface area (Å²) in [6, 6.07) is 3.97. The van der Waals surface area contributed by atoms with Crippen LogP contribution >= 0.6 is 23.2 Å². The Morgan fingerprint density at radius 1 is 1.26 bits per heavy atom.